The van der Waals surface area contributed by atoms with E-state index in [1.54, 1.807) is 10.9 Å². The smallest absolute Gasteiger partial charge is 0.162 e. The van der Waals surface area contributed by atoms with Gasteiger partial charge in [-0.1, -0.05) is 18.5 Å². The molecule has 102 valence electrons. The molecule has 0 bridgehead atoms. The van der Waals surface area contributed by atoms with E-state index in [-0.39, 0.29) is 0 Å². The number of aryl methyl sites for hydroxylation is 1. The molecule has 1 fully saturated rings. The summed E-state index contributed by atoms with van der Waals surface area (Å²) in [7, 11) is 1.88. The molecule has 3 heterocycles. The number of halogens is 1. The van der Waals surface area contributed by atoms with Gasteiger partial charge in [-0.25, -0.2) is 9.97 Å². The van der Waals surface area contributed by atoms with Gasteiger partial charge in [-0.05, 0) is 25.8 Å². The quantitative estimate of drug-likeness (QED) is 0.810. The van der Waals surface area contributed by atoms with Crippen molar-refractivity contribution in [3.05, 3.63) is 17.2 Å². The van der Waals surface area contributed by atoms with Crippen molar-refractivity contribution < 1.29 is 0 Å². The Balaban J connectivity index is 1.90. The van der Waals surface area contributed by atoms with Gasteiger partial charge in [-0.3, -0.25) is 9.58 Å². The molecule has 0 saturated carbocycles. The molecular formula is C13H18ClN5. The summed E-state index contributed by atoms with van der Waals surface area (Å²) in [6.07, 6.45) is 5.44. The highest BCUT2D eigenvalue weighted by atomic mass is 35.5. The maximum Gasteiger partial charge on any atom is 0.162 e. The van der Waals surface area contributed by atoms with Gasteiger partial charge in [0, 0.05) is 13.1 Å². The van der Waals surface area contributed by atoms with Gasteiger partial charge in [0.15, 0.2) is 5.65 Å². The summed E-state index contributed by atoms with van der Waals surface area (Å²) < 4.78 is 1.74. The Kier molecular flexibility index (Phi) is 3.41. The predicted octanol–water partition coefficient (Wildman–Crippen LogP) is 2.39. The van der Waals surface area contributed by atoms with Gasteiger partial charge < -0.3 is 0 Å². The second-order valence-corrected chi connectivity index (χ2v) is 5.47. The first kappa shape index (κ1) is 12.8. The van der Waals surface area contributed by atoms with Gasteiger partial charge in [-0.2, -0.15) is 5.10 Å². The molecule has 0 radical (unpaired) electrons. The number of hydrogen-bond acceptors (Lipinski definition) is 4. The van der Waals surface area contributed by atoms with Crippen LogP contribution in [0.2, 0.25) is 5.15 Å². The Morgan fingerprint density at radius 2 is 2.26 bits per heavy atom. The van der Waals surface area contributed by atoms with Gasteiger partial charge >= 0.3 is 0 Å². The van der Waals surface area contributed by atoms with E-state index in [9.17, 15) is 0 Å². The van der Waals surface area contributed by atoms with Gasteiger partial charge in [0.05, 0.1) is 18.1 Å². The second-order valence-electron chi connectivity index (χ2n) is 5.11. The van der Waals surface area contributed by atoms with Crippen molar-refractivity contribution in [1.82, 2.24) is 24.6 Å². The maximum absolute atomic E-state index is 6.21. The lowest BCUT2D eigenvalue weighted by atomic mass is 10.2. The first-order valence-electron chi connectivity index (χ1n) is 6.77. The van der Waals surface area contributed by atoms with Crippen molar-refractivity contribution in [2.24, 2.45) is 7.05 Å². The lowest BCUT2D eigenvalue weighted by Gasteiger charge is -2.22. The molecule has 1 aliphatic heterocycles. The Hall–Kier alpha value is -1.20. The zero-order valence-electron chi connectivity index (χ0n) is 11.3. The summed E-state index contributed by atoms with van der Waals surface area (Å²) in [5.41, 5.74) is 0.808. The van der Waals surface area contributed by atoms with Crippen LogP contribution >= 0.6 is 11.6 Å². The third kappa shape index (κ3) is 2.32. The molecule has 0 N–H and O–H groups in total. The summed E-state index contributed by atoms with van der Waals surface area (Å²) in [4.78, 5) is 11.4. The number of likely N-dealkylation sites (tertiary alicyclic amines) is 1. The average Bonchev–Trinajstić information content (AvgIpc) is 2.97. The zero-order chi connectivity index (χ0) is 13.4. The van der Waals surface area contributed by atoms with Crippen LogP contribution in [-0.4, -0.2) is 37.2 Å². The minimum atomic E-state index is 0.500. The molecule has 2 aromatic heterocycles. The summed E-state index contributed by atoms with van der Waals surface area (Å²) >= 11 is 6.21. The molecule has 3 rings (SSSR count). The Morgan fingerprint density at radius 3 is 3.05 bits per heavy atom. The lowest BCUT2D eigenvalue weighted by molar-refractivity contribution is 0.234. The number of hydrogen-bond donors (Lipinski definition) is 0. The van der Waals surface area contributed by atoms with Gasteiger partial charge in [-0.15, -0.1) is 0 Å². The molecule has 1 aliphatic rings. The Bertz CT molecular complexity index is 594. The van der Waals surface area contributed by atoms with Crippen molar-refractivity contribution in [2.75, 3.05) is 6.54 Å². The Morgan fingerprint density at radius 1 is 1.42 bits per heavy atom. The Labute approximate surface area is 117 Å². The monoisotopic (exact) mass is 279 g/mol. The summed E-state index contributed by atoms with van der Waals surface area (Å²) in [5, 5.41) is 5.50. The molecule has 0 amide bonds. The molecule has 0 aliphatic carbocycles. The largest absolute Gasteiger partial charge is 0.293 e. The van der Waals surface area contributed by atoms with Crippen LogP contribution in [0.1, 0.15) is 32.0 Å². The molecule has 19 heavy (non-hydrogen) atoms. The van der Waals surface area contributed by atoms with Crippen molar-refractivity contribution in [3.8, 4) is 0 Å². The van der Waals surface area contributed by atoms with Crippen LogP contribution in [0.4, 0.5) is 0 Å². The second kappa shape index (κ2) is 5.06. The highest BCUT2D eigenvalue weighted by Gasteiger charge is 2.24. The van der Waals surface area contributed by atoms with E-state index in [1.807, 2.05) is 7.05 Å². The summed E-state index contributed by atoms with van der Waals surface area (Å²) in [6, 6.07) is 0.657. The SMILES string of the molecule is CCC1CCCN1Cc1nc(Cl)c2cnn(C)c2n1. The fraction of sp³-hybridized carbons (Fsp3) is 0.615. The number of fused-ring (bicyclic) bond motifs is 1. The van der Waals surface area contributed by atoms with E-state index in [0.717, 1.165) is 29.9 Å². The van der Waals surface area contributed by atoms with E-state index in [2.05, 4.69) is 26.9 Å². The highest BCUT2D eigenvalue weighted by molar-refractivity contribution is 6.33. The van der Waals surface area contributed by atoms with Crippen molar-refractivity contribution in [3.63, 3.8) is 0 Å². The predicted molar refractivity (Wildman–Crippen MR) is 75.0 cm³/mol. The molecule has 5 nitrogen and oxygen atoms in total. The van der Waals surface area contributed by atoms with E-state index < -0.39 is 0 Å². The molecule has 1 unspecified atom stereocenters. The highest BCUT2D eigenvalue weighted by Crippen LogP contribution is 2.23. The average molecular weight is 280 g/mol. The van der Waals surface area contributed by atoms with Crippen LogP contribution in [0, 0.1) is 0 Å². The van der Waals surface area contributed by atoms with Crippen LogP contribution in [-0.2, 0) is 13.6 Å². The standard InChI is InChI=1S/C13H18ClN5/c1-3-9-5-4-6-19(9)8-11-16-12(14)10-7-15-18(2)13(10)17-11/h7,9H,3-6,8H2,1-2H3. The van der Waals surface area contributed by atoms with Crippen LogP contribution in [0.25, 0.3) is 11.0 Å². The zero-order valence-corrected chi connectivity index (χ0v) is 12.1. The van der Waals surface area contributed by atoms with Crippen LogP contribution in [0.15, 0.2) is 6.20 Å². The van der Waals surface area contributed by atoms with Gasteiger partial charge in [0.2, 0.25) is 0 Å². The minimum Gasteiger partial charge on any atom is -0.293 e. The van der Waals surface area contributed by atoms with E-state index in [0.29, 0.717) is 11.2 Å². The molecule has 1 saturated heterocycles. The number of nitrogens with zero attached hydrogens (tertiary/aromatic N) is 5. The molecule has 2 aromatic rings. The molecule has 0 spiro atoms. The maximum atomic E-state index is 6.21. The number of aromatic nitrogens is 4. The van der Waals surface area contributed by atoms with Crippen molar-refractivity contribution >= 4 is 22.6 Å². The van der Waals surface area contributed by atoms with E-state index >= 15 is 0 Å². The first-order chi connectivity index (χ1) is 9.19. The fourth-order valence-electron chi connectivity index (χ4n) is 2.85. The van der Waals surface area contributed by atoms with Crippen molar-refractivity contribution in [1.29, 1.82) is 0 Å². The topological polar surface area (TPSA) is 46.8 Å². The van der Waals surface area contributed by atoms with E-state index in [4.69, 9.17) is 11.6 Å². The van der Waals surface area contributed by atoms with Crippen LogP contribution in [0.3, 0.4) is 0 Å². The molecular weight excluding hydrogens is 262 g/mol. The molecule has 0 aromatic carbocycles. The van der Waals surface area contributed by atoms with E-state index in [1.165, 1.54) is 19.3 Å². The minimum absolute atomic E-state index is 0.500. The molecule has 1 atom stereocenters. The van der Waals surface area contributed by atoms with Crippen LogP contribution in [0.5, 0.6) is 0 Å². The van der Waals surface area contributed by atoms with Gasteiger partial charge in [0.25, 0.3) is 0 Å². The van der Waals surface area contributed by atoms with Gasteiger partial charge in [0.1, 0.15) is 11.0 Å². The van der Waals surface area contributed by atoms with Crippen molar-refractivity contribution in [2.45, 2.75) is 38.8 Å². The summed E-state index contributed by atoms with van der Waals surface area (Å²) in [5.74, 6) is 0.793. The van der Waals surface area contributed by atoms with Crippen LogP contribution < -0.4 is 0 Å². The third-order valence-corrected chi connectivity index (χ3v) is 4.19. The fourth-order valence-corrected chi connectivity index (χ4v) is 3.08. The normalized spacial score (nSPS) is 20.5. The summed E-state index contributed by atoms with van der Waals surface area (Å²) in [6.45, 7) is 4.14. The first-order valence-corrected chi connectivity index (χ1v) is 7.15. The number of rotatable bonds is 3. The molecule has 6 heteroatoms. The lowest BCUT2D eigenvalue weighted by Crippen LogP contribution is -2.29. The third-order valence-electron chi connectivity index (χ3n) is 3.91.